The van der Waals surface area contributed by atoms with E-state index >= 15 is 0 Å². The van der Waals surface area contributed by atoms with Crippen LogP contribution in [0.1, 0.15) is 18.9 Å². The molecule has 3 heteroatoms. The van der Waals surface area contributed by atoms with Gasteiger partial charge in [-0.05, 0) is 30.7 Å². The van der Waals surface area contributed by atoms with Gasteiger partial charge in [-0.15, -0.1) is 0 Å². The predicted molar refractivity (Wildman–Crippen MR) is 56.2 cm³/mol. The van der Waals surface area contributed by atoms with Gasteiger partial charge in [-0.2, -0.15) is 0 Å². The minimum atomic E-state index is -0.354. The molecule has 1 rings (SSSR count). The van der Waals surface area contributed by atoms with E-state index in [0.717, 1.165) is 5.56 Å². The lowest BCUT2D eigenvalue weighted by Gasteiger charge is -2.27. The van der Waals surface area contributed by atoms with Crippen molar-refractivity contribution in [1.29, 1.82) is 0 Å². The molecule has 1 aromatic carbocycles. The average molecular weight is 195 g/mol. The van der Waals surface area contributed by atoms with Crippen molar-refractivity contribution in [2.24, 2.45) is 5.73 Å². The van der Waals surface area contributed by atoms with Crippen molar-refractivity contribution in [3.8, 4) is 5.75 Å². The maximum Gasteiger partial charge on any atom is 0.115 e. The minimum absolute atomic E-state index is 0.0354. The smallest absolute Gasteiger partial charge is 0.115 e. The van der Waals surface area contributed by atoms with Crippen molar-refractivity contribution >= 4 is 0 Å². The zero-order valence-electron chi connectivity index (χ0n) is 8.40. The van der Waals surface area contributed by atoms with E-state index in [4.69, 9.17) is 5.73 Å². The van der Waals surface area contributed by atoms with Gasteiger partial charge in [0, 0.05) is 5.41 Å². The van der Waals surface area contributed by atoms with E-state index in [2.05, 4.69) is 0 Å². The van der Waals surface area contributed by atoms with Gasteiger partial charge in [0.15, 0.2) is 0 Å². The molecule has 78 valence electrons. The first kappa shape index (κ1) is 11.0. The molecule has 0 aliphatic rings. The van der Waals surface area contributed by atoms with Gasteiger partial charge in [0.1, 0.15) is 5.75 Å². The standard InChI is InChI=1S/C11H17NO2/c1-11(8-13,5-6-12)9-3-2-4-10(14)7-9/h2-4,7,13-14H,5-6,8,12H2,1H3. The summed E-state index contributed by atoms with van der Waals surface area (Å²) in [7, 11) is 0. The lowest BCUT2D eigenvalue weighted by molar-refractivity contribution is 0.198. The molecule has 1 unspecified atom stereocenters. The van der Waals surface area contributed by atoms with E-state index in [1.807, 2.05) is 13.0 Å². The van der Waals surface area contributed by atoms with Crippen LogP contribution in [-0.2, 0) is 5.41 Å². The Kier molecular flexibility index (Phi) is 3.49. The maximum atomic E-state index is 9.33. The van der Waals surface area contributed by atoms with Gasteiger partial charge in [0.25, 0.3) is 0 Å². The second-order valence-electron chi connectivity index (χ2n) is 3.81. The quantitative estimate of drug-likeness (QED) is 0.671. The van der Waals surface area contributed by atoms with Gasteiger partial charge in [0.05, 0.1) is 6.61 Å². The summed E-state index contributed by atoms with van der Waals surface area (Å²) in [6.45, 7) is 2.50. The Balaban J connectivity index is 2.99. The Hall–Kier alpha value is -1.06. The molecule has 0 radical (unpaired) electrons. The Bertz CT molecular complexity index is 301. The number of hydrogen-bond acceptors (Lipinski definition) is 3. The van der Waals surface area contributed by atoms with Gasteiger partial charge in [0.2, 0.25) is 0 Å². The first-order valence-electron chi connectivity index (χ1n) is 4.73. The van der Waals surface area contributed by atoms with E-state index in [1.54, 1.807) is 18.2 Å². The Morgan fingerprint density at radius 1 is 1.43 bits per heavy atom. The zero-order chi connectivity index (χ0) is 10.6. The number of hydrogen-bond donors (Lipinski definition) is 3. The van der Waals surface area contributed by atoms with Crippen LogP contribution in [0.2, 0.25) is 0 Å². The van der Waals surface area contributed by atoms with Gasteiger partial charge in [-0.3, -0.25) is 0 Å². The number of benzene rings is 1. The van der Waals surface area contributed by atoms with Crippen LogP contribution in [0, 0.1) is 0 Å². The summed E-state index contributed by atoms with van der Waals surface area (Å²) in [5, 5.41) is 18.7. The molecular weight excluding hydrogens is 178 g/mol. The van der Waals surface area contributed by atoms with Gasteiger partial charge in [-0.25, -0.2) is 0 Å². The fourth-order valence-corrected chi connectivity index (χ4v) is 1.51. The molecule has 1 atom stereocenters. The largest absolute Gasteiger partial charge is 0.508 e. The van der Waals surface area contributed by atoms with Crippen LogP contribution in [0.5, 0.6) is 5.75 Å². The molecule has 0 saturated heterocycles. The fourth-order valence-electron chi connectivity index (χ4n) is 1.51. The Morgan fingerprint density at radius 2 is 2.14 bits per heavy atom. The summed E-state index contributed by atoms with van der Waals surface area (Å²) < 4.78 is 0. The number of phenols is 1. The average Bonchev–Trinajstić information content (AvgIpc) is 2.18. The van der Waals surface area contributed by atoms with Crippen LogP contribution in [0.15, 0.2) is 24.3 Å². The predicted octanol–water partition coefficient (Wildman–Crippen LogP) is 0.991. The second-order valence-corrected chi connectivity index (χ2v) is 3.81. The molecule has 0 fully saturated rings. The molecule has 0 amide bonds. The van der Waals surface area contributed by atoms with Gasteiger partial charge < -0.3 is 15.9 Å². The molecule has 4 N–H and O–H groups in total. The van der Waals surface area contributed by atoms with Crippen LogP contribution >= 0.6 is 0 Å². The van der Waals surface area contributed by atoms with Crippen LogP contribution < -0.4 is 5.73 Å². The number of aliphatic hydroxyl groups is 1. The fraction of sp³-hybridized carbons (Fsp3) is 0.455. The van der Waals surface area contributed by atoms with Crippen molar-refractivity contribution in [1.82, 2.24) is 0 Å². The van der Waals surface area contributed by atoms with Crippen molar-refractivity contribution < 1.29 is 10.2 Å². The lowest BCUT2D eigenvalue weighted by atomic mass is 9.80. The number of aliphatic hydroxyl groups excluding tert-OH is 1. The highest BCUT2D eigenvalue weighted by Gasteiger charge is 2.24. The Labute approximate surface area is 84.2 Å². The first-order chi connectivity index (χ1) is 6.62. The zero-order valence-corrected chi connectivity index (χ0v) is 8.40. The summed E-state index contributed by atoms with van der Waals surface area (Å²) >= 11 is 0. The minimum Gasteiger partial charge on any atom is -0.508 e. The van der Waals surface area contributed by atoms with E-state index in [1.165, 1.54) is 0 Å². The molecule has 0 aliphatic carbocycles. The molecule has 0 aliphatic heterocycles. The van der Waals surface area contributed by atoms with Crippen molar-refractivity contribution in [2.75, 3.05) is 13.2 Å². The number of nitrogens with two attached hydrogens (primary N) is 1. The van der Waals surface area contributed by atoms with Crippen molar-refractivity contribution in [3.05, 3.63) is 29.8 Å². The monoisotopic (exact) mass is 195 g/mol. The van der Waals surface area contributed by atoms with Crippen molar-refractivity contribution in [3.63, 3.8) is 0 Å². The summed E-state index contributed by atoms with van der Waals surface area (Å²) in [5.41, 5.74) is 6.06. The second kappa shape index (κ2) is 4.44. The third-order valence-electron chi connectivity index (χ3n) is 2.59. The van der Waals surface area contributed by atoms with E-state index in [-0.39, 0.29) is 17.8 Å². The molecule has 3 nitrogen and oxygen atoms in total. The van der Waals surface area contributed by atoms with Crippen LogP contribution in [0.3, 0.4) is 0 Å². The highest BCUT2D eigenvalue weighted by Crippen LogP contribution is 2.28. The number of aromatic hydroxyl groups is 1. The summed E-state index contributed by atoms with van der Waals surface area (Å²) in [5.74, 6) is 0.221. The normalized spacial score (nSPS) is 15.1. The molecule has 14 heavy (non-hydrogen) atoms. The van der Waals surface area contributed by atoms with E-state index < -0.39 is 0 Å². The van der Waals surface area contributed by atoms with E-state index in [9.17, 15) is 10.2 Å². The highest BCUT2D eigenvalue weighted by atomic mass is 16.3. The third-order valence-corrected chi connectivity index (χ3v) is 2.59. The maximum absolute atomic E-state index is 9.33. The molecule has 0 heterocycles. The van der Waals surface area contributed by atoms with Crippen LogP contribution in [0.4, 0.5) is 0 Å². The number of rotatable bonds is 4. The van der Waals surface area contributed by atoms with Crippen molar-refractivity contribution in [2.45, 2.75) is 18.8 Å². The molecule has 1 aromatic rings. The topological polar surface area (TPSA) is 66.5 Å². The highest BCUT2D eigenvalue weighted by molar-refractivity contribution is 5.32. The first-order valence-corrected chi connectivity index (χ1v) is 4.73. The lowest BCUT2D eigenvalue weighted by Crippen LogP contribution is -2.29. The molecular formula is C11H17NO2. The van der Waals surface area contributed by atoms with Crippen LogP contribution in [-0.4, -0.2) is 23.4 Å². The van der Waals surface area contributed by atoms with E-state index in [0.29, 0.717) is 13.0 Å². The Morgan fingerprint density at radius 3 is 2.64 bits per heavy atom. The summed E-state index contributed by atoms with van der Waals surface area (Å²) in [6, 6.07) is 6.95. The van der Waals surface area contributed by atoms with Gasteiger partial charge >= 0.3 is 0 Å². The number of phenolic OH excluding ortho intramolecular Hbond substituents is 1. The summed E-state index contributed by atoms with van der Waals surface area (Å²) in [4.78, 5) is 0. The molecule has 0 aromatic heterocycles. The third kappa shape index (κ3) is 2.25. The summed E-state index contributed by atoms with van der Waals surface area (Å²) in [6.07, 6.45) is 0.701. The SMILES string of the molecule is CC(CO)(CCN)c1cccc(O)c1. The van der Waals surface area contributed by atoms with Gasteiger partial charge in [-0.1, -0.05) is 19.1 Å². The molecule has 0 saturated carbocycles. The molecule has 0 spiro atoms. The van der Waals surface area contributed by atoms with Crippen LogP contribution in [0.25, 0.3) is 0 Å². The molecule has 0 bridgehead atoms.